The van der Waals surface area contributed by atoms with E-state index < -0.39 is 6.04 Å². The molecule has 6 heteroatoms. The van der Waals surface area contributed by atoms with E-state index in [2.05, 4.69) is 21.2 Å². The summed E-state index contributed by atoms with van der Waals surface area (Å²) in [5.41, 5.74) is 1.12. The molecule has 1 atom stereocenters. The normalized spacial score (nSPS) is 17.4. The molecule has 2 aromatic carbocycles. The van der Waals surface area contributed by atoms with Crippen molar-refractivity contribution in [2.75, 3.05) is 11.4 Å². The SMILES string of the molecule is O=C(N[C@H]1CCN(c2ccc(F)cc2)C1=O)c1ccccc1Br. The van der Waals surface area contributed by atoms with Gasteiger partial charge in [0, 0.05) is 16.7 Å². The first-order valence-corrected chi connectivity index (χ1v) is 7.98. The Balaban J connectivity index is 1.71. The number of nitrogens with zero attached hydrogens (tertiary/aromatic N) is 1. The van der Waals surface area contributed by atoms with Gasteiger partial charge in [-0.2, -0.15) is 0 Å². The van der Waals surface area contributed by atoms with Gasteiger partial charge in [-0.3, -0.25) is 9.59 Å². The number of halogens is 2. The molecule has 23 heavy (non-hydrogen) atoms. The first-order valence-electron chi connectivity index (χ1n) is 7.18. The van der Waals surface area contributed by atoms with Crippen molar-refractivity contribution in [2.24, 2.45) is 0 Å². The molecule has 3 rings (SSSR count). The summed E-state index contributed by atoms with van der Waals surface area (Å²) < 4.78 is 13.7. The zero-order chi connectivity index (χ0) is 16.4. The Kier molecular flexibility index (Phi) is 4.43. The van der Waals surface area contributed by atoms with Crippen molar-refractivity contribution in [3.8, 4) is 0 Å². The molecule has 0 aliphatic carbocycles. The molecular weight excluding hydrogens is 363 g/mol. The van der Waals surface area contributed by atoms with Crippen molar-refractivity contribution < 1.29 is 14.0 Å². The van der Waals surface area contributed by atoms with Crippen LogP contribution < -0.4 is 10.2 Å². The molecule has 0 saturated carbocycles. The van der Waals surface area contributed by atoms with E-state index in [1.807, 2.05) is 6.07 Å². The second kappa shape index (κ2) is 6.50. The summed E-state index contributed by atoms with van der Waals surface area (Å²) in [6.45, 7) is 0.491. The Morgan fingerprint density at radius 1 is 1.17 bits per heavy atom. The first kappa shape index (κ1) is 15.7. The molecule has 2 aromatic rings. The summed E-state index contributed by atoms with van der Waals surface area (Å²) in [6, 6.07) is 12.2. The number of amides is 2. The van der Waals surface area contributed by atoms with Crippen molar-refractivity contribution in [1.82, 2.24) is 5.32 Å². The minimum atomic E-state index is -0.570. The Morgan fingerprint density at radius 3 is 2.57 bits per heavy atom. The van der Waals surface area contributed by atoms with Crippen molar-refractivity contribution in [3.63, 3.8) is 0 Å². The summed E-state index contributed by atoms with van der Waals surface area (Å²) in [5.74, 6) is -0.826. The van der Waals surface area contributed by atoms with Gasteiger partial charge in [0.1, 0.15) is 11.9 Å². The standard InChI is InChI=1S/C17H14BrFN2O2/c18-14-4-2-1-3-13(14)16(22)20-15-9-10-21(17(15)23)12-7-5-11(19)6-8-12/h1-8,15H,9-10H2,(H,20,22)/t15-/m0/s1. The third-order valence-corrected chi connectivity index (χ3v) is 4.46. The van der Waals surface area contributed by atoms with Crippen molar-refractivity contribution in [3.05, 3.63) is 64.4 Å². The molecule has 0 spiro atoms. The predicted octanol–water partition coefficient (Wildman–Crippen LogP) is 3.12. The van der Waals surface area contributed by atoms with E-state index in [0.29, 0.717) is 28.7 Å². The summed E-state index contributed by atoms with van der Waals surface area (Å²) >= 11 is 3.33. The average molecular weight is 377 g/mol. The van der Waals surface area contributed by atoms with Crippen LogP contribution in [0, 0.1) is 5.82 Å². The summed E-state index contributed by atoms with van der Waals surface area (Å²) in [7, 11) is 0. The van der Waals surface area contributed by atoms with E-state index in [-0.39, 0.29) is 17.6 Å². The predicted molar refractivity (Wildman–Crippen MR) is 88.8 cm³/mol. The Labute approximate surface area is 141 Å². The Morgan fingerprint density at radius 2 is 1.87 bits per heavy atom. The second-order valence-corrected chi connectivity index (χ2v) is 6.12. The zero-order valence-electron chi connectivity index (χ0n) is 12.1. The maximum absolute atomic E-state index is 13.0. The van der Waals surface area contributed by atoms with Crippen LogP contribution in [0.3, 0.4) is 0 Å². The van der Waals surface area contributed by atoms with Gasteiger partial charge in [-0.05, 0) is 58.7 Å². The lowest BCUT2D eigenvalue weighted by molar-refractivity contribution is -0.118. The number of hydrogen-bond acceptors (Lipinski definition) is 2. The van der Waals surface area contributed by atoms with Gasteiger partial charge in [0.25, 0.3) is 5.91 Å². The molecular formula is C17H14BrFN2O2. The number of benzene rings is 2. The number of nitrogens with one attached hydrogen (secondary N) is 1. The topological polar surface area (TPSA) is 49.4 Å². The van der Waals surface area contributed by atoms with E-state index in [4.69, 9.17) is 0 Å². The highest BCUT2D eigenvalue weighted by Crippen LogP contribution is 2.23. The minimum Gasteiger partial charge on any atom is -0.340 e. The molecule has 0 radical (unpaired) electrons. The molecule has 0 bridgehead atoms. The molecule has 1 saturated heterocycles. The molecule has 2 amide bonds. The molecule has 0 aromatic heterocycles. The first-order chi connectivity index (χ1) is 11.1. The largest absolute Gasteiger partial charge is 0.340 e. The molecule has 0 unspecified atom stereocenters. The minimum absolute atomic E-state index is 0.183. The molecule has 1 aliphatic rings. The molecule has 1 heterocycles. The lowest BCUT2D eigenvalue weighted by atomic mass is 10.2. The van der Waals surface area contributed by atoms with Crippen molar-refractivity contribution in [1.29, 1.82) is 0 Å². The number of rotatable bonds is 3. The van der Waals surface area contributed by atoms with Crippen molar-refractivity contribution >= 4 is 33.4 Å². The number of carbonyl (C=O) groups is 2. The molecule has 4 nitrogen and oxygen atoms in total. The number of hydrogen-bond donors (Lipinski definition) is 1. The Hall–Kier alpha value is -2.21. The van der Waals surface area contributed by atoms with E-state index in [9.17, 15) is 14.0 Å². The van der Waals surface area contributed by atoms with Crippen LogP contribution in [0.25, 0.3) is 0 Å². The maximum atomic E-state index is 13.0. The van der Waals surface area contributed by atoms with E-state index >= 15 is 0 Å². The van der Waals surface area contributed by atoms with Crippen LogP contribution in [0.1, 0.15) is 16.8 Å². The van der Waals surface area contributed by atoms with Crippen LogP contribution in [-0.2, 0) is 4.79 Å². The van der Waals surface area contributed by atoms with Gasteiger partial charge in [-0.25, -0.2) is 4.39 Å². The maximum Gasteiger partial charge on any atom is 0.253 e. The van der Waals surface area contributed by atoms with Gasteiger partial charge in [0.2, 0.25) is 5.91 Å². The van der Waals surface area contributed by atoms with Crippen molar-refractivity contribution in [2.45, 2.75) is 12.5 Å². The van der Waals surface area contributed by atoms with Gasteiger partial charge >= 0.3 is 0 Å². The smallest absolute Gasteiger partial charge is 0.253 e. The highest BCUT2D eigenvalue weighted by atomic mass is 79.9. The fourth-order valence-corrected chi connectivity index (χ4v) is 3.04. The third kappa shape index (κ3) is 3.27. The van der Waals surface area contributed by atoms with Crippen LogP contribution >= 0.6 is 15.9 Å². The number of carbonyl (C=O) groups excluding carboxylic acids is 2. The fourth-order valence-electron chi connectivity index (χ4n) is 2.57. The van der Waals surface area contributed by atoms with E-state index in [0.717, 1.165) is 0 Å². The quantitative estimate of drug-likeness (QED) is 0.894. The highest BCUT2D eigenvalue weighted by molar-refractivity contribution is 9.10. The van der Waals surface area contributed by atoms with Gasteiger partial charge in [0.05, 0.1) is 5.56 Å². The third-order valence-electron chi connectivity index (χ3n) is 3.77. The van der Waals surface area contributed by atoms with Crippen LogP contribution in [0.15, 0.2) is 53.0 Å². The second-order valence-electron chi connectivity index (χ2n) is 5.26. The van der Waals surface area contributed by atoms with E-state index in [1.165, 1.54) is 12.1 Å². The summed E-state index contributed by atoms with van der Waals surface area (Å²) in [5, 5.41) is 2.76. The van der Waals surface area contributed by atoms with Gasteiger partial charge in [0.15, 0.2) is 0 Å². The highest BCUT2D eigenvalue weighted by Gasteiger charge is 2.33. The summed E-state index contributed by atoms with van der Waals surface area (Å²) in [6.07, 6.45) is 0.520. The van der Waals surface area contributed by atoms with Crippen LogP contribution in [0.2, 0.25) is 0 Å². The zero-order valence-corrected chi connectivity index (χ0v) is 13.7. The fraction of sp³-hybridized carbons (Fsp3) is 0.176. The van der Waals surface area contributed by atoms with Crippen LogP contribution in [0.4, 0.5) is 10.1 Å². The van der Waals surface area contributed by atoms with Gasteiger partial charge in [-0.15, -0.1) is 0 Å². The van der Waals surface area contributed by atoms with Crippen LogP contribution in [0.5, 0.6) is 0 Å². The Bertz CT molecular complexity index is 749. The molecule has 1 aliphatic heterocycles. The lowest BCUT2D eigenvalue weighted by Crippen LogP contribution is -2.41. The monoisotopic (exact) mass is 376 g/mol. The van der Waals surface area contributed by atoms with Gasteiger partial charge in [-0.1, -0.05) is 12.1 Å². The van der Waals surface area contributed by atoms with E-state index in [1.54, 1.807) is 35.2 Å². The van der Waals surface area contributed by atoms with Crippen LogP contribution in [-0.4, -0.2) is 24.4 Å². The number of anilines is 1. The lowest BCUT2D eigenvalue weighted by Gasteiger charge is -2.17. The molecule has 118 valence electrons. The average Bonchev–Trinajstić information content (AvgIpc) is 2.89. The van der Waals surface area contributed by atoms with Gasteiger partial charge < -0.3 is 10.2 Å². The molecule has 1 N–H and O–H groups in total. The molecule has 1 fully saturated rings. The summed E-state index contributed by atoms with van der Waals surface area (Å²) in [4.78, 5) is 26.3.